The Kier molecular flexibility index (Phi) is 4.25. The normalized spacial score (nSPS) is 10.6. The second-order valence-electron chi connectivity index (χ2n) is 4.04. The van der Waals surface area contributed by atoms with Gasteiger partial charge in [-0.15, -0.1) is 5.10 Å². The molecule has 1 aromatic heterocycles. The molecule has 0 fully saturated rings. The van der Waals surface area contributed by atoms with E-state index in [1.54, 1.807) is 4.68 Å². The van der Waals surface area contributed by atoms with Crippen molar-refractivity contribution in [2.75, 3.05) is 0 Å². The highest BCUT2D eigenvalue weighted by Gasteiger charge is 2.12. The fourth-order valence-electron chi connectivity index (χ4n) is 1.85. The minimum absolute atomic E-state index is 0.448. The quantitative estimate of drug-likeness (QED) is 0.798. The van der Waals surface area contributed by atoms with Gasteiger partial charge in [0.15, 0.2) is 6.29 Å². The molecule has 0 amide bonds. The SMILES string of the molecule is CCCc1c(C=O)nnn1Cc1ccccc1Br. The number of halogens is 1. The first-order valence-corrected chi connectivity index (χ1v) is 6.66. The van der Waals surface area contributed by atoms with E-state index in [0.29, 0.717) is 12.2 Å². The van der Waals surface area contributed by atoms with Crippen molar-refractivity contribution in [3.05, 3.63) is 45.7 Å². The maximum atomic E-state index is 10.9. The van der Waals surface area contributed by atoms with Gasteiger partial charge in [-0.3, -0.25) is 4.79 Å². The standard InChI is InChI=1S/C13H14BrN3O/c1-2-5-13-12(9-18)15-16-17(13)8-10-6-3-4-7-11(10)14/h3-4,6-7,9H,2,5,8H2,1H3. The summed E-state index contributed by atoms with van der Waals surface area (Å²) < 4.78 is 2.84. The summed E-state index contributed by atoms with van der Waals surface area (Å²) >= 11 is 3.51. The van der Waals surface area contributed by atoms with Gasteiger partial charge in [-0.1, -0.05) is 52.7 Å². The van der Waals surface area contributed by atoms with E-state index in [4.69, 9.17) is 0 Å². The van der Waals surface area contributed by atoms with Crippen LogP contribution in [0.3, 0.4) is 0 Å². The zero-order chi connectivity index (χ0) is 13.0. The van der Waals surface area contributed by atoms with E-state index in [-0.39, 0.29) is 0 Å². The summed E-state index contributed by atoms with van der Waals surface area (Å²) in [6, 6.07) is 7.98. The van der Waals surface area contributed by atoms with Crippen molar-refractivity contribution >= 4 is 22.2 Å². The third kappa shape index (κ3) is 2.67. The predicted molar refractivity (Wildman–Crippen MR) is 72.6 cm³/mol. The van der Waals surface area contributed by atoms with E-state index in [0.717, 1.165) is 34.9 Å². The lowest BCUT2D eigenvalue weighted by atomic mass is 10.2. The Morgan fingerprint density at radius 2 is 2.17 bits per heavy atom. The molecule has 0 bridgehead atoms. The van der Waals surface area contributed by atoms with Gasteiger partial charge >= 0.3 is 0 Å². The molecule has 0 aliphatic rings. The number of carbonyl (C=O) groups is 1. The Labute approximate surface area is 114 Å². The topological polar surface area (TPSA) is 47.8 Å². The molecule has 1 heterocycles. The molecular formula is C13H14BrN3O. The molecule has 2 rings (SSSR count). The van der Waals surface area contributed by atoms with Gasteiger partial charge < -0.3 is 0 Å². The minimum Gasteiger partial charge on any atom is -0.296 e. The van der Waals surface area contributed by atoms with E-state index < -0.39 is 0 Å². The Morgan fingerprint density at radius 1 is 1.39 bits per heavy atom. The Bertz CT molecular complexity index is 551. The van der Waals surface area contributed by atoms with E-state index >= 15 is 0 Å². The van der Waals surface area contributed by atoms with Crippen molar-refractivity contribution < 1.29 is 4.79 Å². The lowest BCUT2D eigenvalue weighted by molar-refractivity contribution is 0.111. The summed E-state index contributed by atoms with van der Waals surface area (Å²) in [5.74, 6) is 0. The average Bonchev–Trinajstić information content (AvgIpc) is 2.75. The van der Waals surface area contributed by atoms with Gasteiger partial charge in [0.1, 0.15) is 5.69 Å². The minimum atomic E-state index is 0.448. The molecule has 0 saturated carbocycles. The van der Waals surface area contributed by atoms with Crippen LogP contribution < -0.4 is 0 Å². The highest BCUT2D eigenvalue weighted by Crippen LogP contribution is 2.18. The highest BCUT2D eigenvalue weighted by molar-refractivity contribution is 9.10. The fourth-order valence-corrected chi connectivity index (χ4v) is 2.26. The average molecular weight is 308 g/mol. The molecule has 0 atom stereocenters. The molecule has 2 aromatic rings. The summed E-state index contributed by atoms with van der Waals surface area (Å²) in [6.07, 6.45) is 2.55. The lowest BCUT2D eigenvalue weighted by Gasteiger charge is -2.07. The van der Waals surface area contributed by atoms with Gasteiger partial charge in [-0.2, -0.15) is 0 Å². The van der Waals surface area contributed by atoms with Gasteiger partial charge in [-0.25, -0.2) is 4.68 Å². The number of aromatic nitrogens is 3. The second-order valence-corrected chi connectivity index (χ2v) is 4.89. The van der Waals surface area contributed by atoms with Crippen molar-refractivity contribution in [1.82, 2.24) is 15.0 Å². The Balaban J connectivity index is 2.31. The molecule has 4 nitrogen and oxygen atoms in total. The van der Waals surface area contributed by atoms with Crippen molar-refractivity contribution in [3.63, 3.8) is 0 Å². The number of nitrogens with zero attached hydrogens (tertiary/aromatic N) is 3. The van der Waals surface area contributed by atoms with Crippen molar-refractivity contribution in [2.24, 2.45) is 0 Å². The molecule has 94 valence electrons. The number of hydrogen-bond donors (Lipinski definition) is 0. The van der Waals surface area contributed by atoms with Gasteiger partial charge in [0, 0.05) is 4.47 Å². The van der Waals surface area contributed by atoms with Crippen LogP contribution in [0.25, 0.3) is 0 Å². The molecule has 0 radical (unpaired) electrons. The summed E-state index contributed by atoms with van der Waals surface area (Å²) in [5, 5.41) is 7.97. The molecule has 1 aromatic carbocycles. The van der Waals surface area contributed by atoms with Crippen molar-refractivity contribution in [2.45, 2.75) is 26.3 Å². The zero-order valence-electron chi connectivity index (χ0n) is 10.1. The molecule has 5 heteroatoms. The van der Waals surface area contributed by atoms with Crippen molar-refractivity contribution in [1.29, 1.82) is 0 Å². The number of rotatable bonds is 5. The van der Waals surface area contributed by atoms with Crippen LogP contribution in [-0.2, 0) is 13.0 Å². The molecule has 18 heavy (non-hydrogen) atoms. The summed E-state index contributed by atoms with van der Waals surface area (Å²) in [6.45, 7) is 2.70. The molecule has 0 aliphatic heterocycles. The van der Waals surface area contributed by atoms with E-state index in [1.807, 2.05) is 24.3 Å². The molecule has 0 spiro atoms. The highest BCUT2D eigenvalue weighted by atomic mass is 79.9. The summed E-state index contributed by atoms with van der Waals surface area (Å²) in [7, 11) is 0. The molecule has 0 saturated heterocycles. The third-order valence-electron chi connectivity index (χ3n) is 2.74. The zero-order valence-corrected chi connectivity index (χ0v) is 11.7. The van der Waals surface area contributed by atoms with Crippen LogP contribution in [0, 0.1) is 0 Å². The summed E-state index contributed by atoms with van der Waals surface area (Å²) in [5.41, 5.74) is 2.48. The number of aldehydes is 1. The number of benzene rings is 1. The van der Waals surface area contributed by atoms with Crippen LogP contribution in [0.1, 0.15) is 35.1 Å². The molecular weight excluding hydrogens is 294 g/mol. The van der Waals surface area contributed by atoms with Crippen molar-refractivity contribution in [3.8, 4) is 0 Å². The maximum absolute atomic E-state index is 10.9. The smallest absolute Gasteiger partial charge is 0.172 e. The monoisotopic (exact) mass is 307 g/mol. The van der Waals surface area contributed by atoms with Crippen LogP contribution in [0.2, 0.25) is 0 Å². The van der Waals surface area contributed by atoms with Gasteiger partial charge in [-0.05, 0) is 18.1 Å². The second kappa shape index (κ2) is 5.91. The number of hydrogen-bond acceptors (Lipinski definition) is 3. The van der Waals surface area contributed by atoms with Crippen LogP contribution in [-0.4, -0.2) is 21.3 Å². The van der Waals surface area contributed by atoms with E-state index in [2.05, 4.69) is 33.2 Å². The first-order chi connectivity index (χ1) is 8.76. The Morgan fingerprint density at radius 3 is 2.83 bits per heavy atom. The van der Waals surface area contributed by atoms with Gasteiger partial charge in [0.25, 0.3) is 0 Å². The predicted octanol–water partition coefficient (Wildman–Crippen LogP) is 2.85. The molecule has 0 aliphatic carbocycles. The lowest BCUT2D eigenvalue weighted by Crippen LogP contribution is -2.07. The third-order valence-corrected chi connectivity index (χ3v) is 3.52. The first-order valence-electron chi connectivity index (χ1n) is 5.87. The van der Waals surface area contributed by atoms with E-state index in [9.17, 15) is 4.79 Å². The maximum Gasteiger partial charge on any atom is 0.172 e. The van der Waals surface area contributed by atoms with Crippen LogP contribution in [0.4, 0.5) is 0 Å². The van der Waals surface area contributed by atoms with Crippen LogP contribution in [0.5, 0.6) is 0 Å². The van der Waals surface area contributed by atoms with E-state index in [1.165, 1.54) is 0 Å². The van der Waals surface area contributed by atoms with Gasteiger partial charge in [0.2, 0.25) is 0 Å². The van der Waals surface area contributed by atoms with Crippen LogP contribution >= 0.6 is 15.9 Å². The fraction of sp³-hybridized carbons (Fsp3) is 0.308. The summed E-state index contributed by atoms with van der Waals surface area (Å²) in [4.78, 5) is 10.9. The number of carbonyl (C=O) groups excluding carboxylic acids is 1. The Hall–Kier alpha value is -1.49. The van der Waals surface area contributed by atoms with Gasteiger partial charge in [0.05, 0.1) is 12.2 Å². The first kappa shape index (κ1) is 13.0. The molecule has 0 unspecified atom stereocenters. The van der Waals surface area contributed by atoms with Crippen LogP contribution in [0.15, 0.2) is 28.7 Å². The molecule has 0 N–H and O–H groups in total. The largest absolute Gasteiger partial charge is 0.296 e.